The minimum Gasteiger partial charge on any atom is -0.313 e. The van der Waals surface area contributed by atoms with Gasteiger partial charge in [0.25, 0.3) is 0 Å². The SMILES string of the molecule is CCCN(CC1CC1)S(=O)(=O)CCNC(C)C. The van der Waals surface area contributed by atoms with E-state index in [1.165, 1.54) is 12.8 Å². The molecule has 1 fully saturated rings. The zero-order chi connectivity index (χ0) is 12.9. The second-order valence-electron chi connectivity index (χ2n) is 5.23. The Bertz CT molecular complexity index is 310. The number of hydrogen-bond acceptors (Lipinski definition) is 3. The first-order valence-corrected chi connectivity index (χ1v) is 8.27. The standard InChI is InChI=1S/C12H26N2O2S/c1-4-8-14(10-12-5-6-12)17(15,16)9-7-13-11(2)3/h11-13H,4-10H2,1-3H3. The lowest BCUT2D eigenvalue weighted by atomic mass is 10.4. The van der Waals surface area contributed by atoms with Gasteiger partial charge in [0.05, 0.1) is 5.75 Å². The summed E-state index contributed by atoms with van der Waals surface area (Å²) < 4.78 is 26.0. The highest BCUT2D eigenvalue weighted by molar-refractivity contribution is 7.89. The highest BCUT2D eigenvalue weighted by Gasteiger charge is 2.29. The molecule has 0 atom stereocenters. The lowest BCUT2D eigenvalue weighted by Crippen LogP contribution is -2.39. The molecule has 0 saturated heterocycles. The number of sulfonamides is 1. The monoisotopic (exact) mass is 262 g/mol. The molecule has 0 aromatic rings. The molecule has 1 aliphatic rings. The molecule has 0 aromatic carbocycles. The van der Waals surface area contributed by atoms with E-state index < -0.39 is 10.0 Å². The van der Waals surface area contributed by atoms with Crippen LogP contribution in [0, 0.1) is 5.92 Å². The van der Waals surface area contributed by atoms with Crippen LogP contribution < -0.4 is 5.32 Å². The normalized spacial score (nSPS) is 17.0. The average Bonchev–Trinajstić information content (AvgIpc) is 3.00. The first-order chi connectivity index (χ1) is 7.95. The summed E-state index contributed by atoms with van der Waals surface area (Å²) in [5.74, 6) is 0.840. The van der Waals surface area contributed by atoms with Crippen molar-refractivity contribution >= 4 is 10.0 Å². The zero-order valence-electron chi connectivity index (χ0n) is 11.3. The van der Waals surface area contributed by atoms with E-state index in [0.29, 0.717) is 25.0 Å². The molecule has 0 aliphatic heterocycles. The van der Waals surface area contributed by atoms with E-state index >= 15 is 0 Å². The van der Waals surface area contributed by atoms with E-state index in [-0.39, 0.29) is 5.75 Å². The smallest absolute Gasteiger partial charge is 0.215 e. The topological polar surface area (TPSA) is 49.4 Å². The number of nitrogens with one attached hydrogen (secondary N) is 1. The van der Waals surface area contributed by atoms with Crippen molar-refractivity contribution in [3.05, 3.63) is 0 Å². The van der Waals surface area contributed by atoms with E-state index in [1.807, 2.05) is 20.8 Å². The average molecular weight is 262 g/mol. The van der Waals surface area contributed by atoms with E-state index in [0.717, 1.165) is 13.0 Å². The molecule has 0 spiro atoms. The highest BCUT2D eigenvalue weighted by Crippen LogP contribution is 2.30. The predicted molar refractivity (Wildman–Crippen MR) is 71.5 cm³/mol. The van der Waals surface area contributed by atoms with Gasteiger partial charge in [0.1, 0.15) is 0 Å². The second-order valence-corrected chi connectivity index (χ2v) is 7.31. The lowest BCUT2D eigenvalue weighted by molar-refractivity contribution is 0.394. The minimum atomic E-state index is -3.06. The third-order valence-corrected chi connectivity index (χ3v) is 4.78. The summed E-state index contributed by atoms with van der Waals surface area (Å²) in [4.78, 5) is 0. The third kappa shape index (κ3) is 5.84. The zero-order valence-corrected chi connectivity index (χ0v) is 12.1. The molecule has 5 heteroatoms. The van der Waals surface area contributed by atoms with Crippen molar-refractivity contribution in [2.75, 3.05) is 25.4 Å². The molecular weight excluding hydrogens is 236 g/mol. The van der Waals surface area contributed by atoms with Crippen LogP contribution in [-0.4, -0.2) is 44.2 Å². The van der Waals surface area contributed by atoms with Gasteiger partial charge in [-0.1, -0.05) is 20.8 Å². The molecule has 0 heterocycles. The van der Waals surface area contributed by atoms with E-state index in [1.54, 1.807) is 4.31 Å². The van der Waals surface area contributed by atoms with Gasteiger partial charge in [-0.15, -0.1) is 0 Å². The minimum absolute atomic E-state index is 0.220. The summed E-state index contributed by atoms with van der Waals surface area (Å²) in [6.07, 6.45) is 3.28. The number of hydrogen-bond donors (Lipinski definition) is 1. The summed E-state index contributed by atoms with van der Waals surface area (Å²) in [6, 6.07) is 0.341. The second kappa shape index (κ2) is 6.71. The maximum Gasteiger partial charge on any atom is 0.215 e. The molecular formula is C12H26N2O2S. The van der Waals surface area contributed by atoms with E-state index in [4.69, 9.17) is 0 Å². The number of rotatable bonds is 9. The van der Waals surface area contributed by atoms with Crippen LogP contribution in [0.3, 0.4) is 0 Å². The van der Waals surface area contributed by atoms with Gasteiger partial charge in [-0.3, -0.25) is 0 Å². The van der Waals surface area contributed by atoms with Crippen LogP contribution in [0.4, 0.5) is 0 Å². The fraction of sp³-hybridized carbons (Fsp3) is 1.00. The van der Waals surface area contributed by atoms with Crippen molar-refractivity contribution in [3.8, 4) is 0 Å². The Kier molecular flexibility index (Phi) is 5.89. The van der Waals surface area contributed by atoms with Crippen molar-refractivity contribution in [1.29, 1.82) is 0 Å². The maximum absolute atomic E-state index is 12.2. The van der Waals surface area contributed by atoms with Crippen LogP contribution in [0.15, 0.2) is 0 Å². The van der Waals surface area contributed by atoms with Gasteiger partial charge in [0.15, 0.2) is 0 Å². The largest absolute Gasteiger partial charge is 0.313 e. The Morgan fingerprint density at radius 3 is 2.47 bits per heavy atom. The van der Waals surface area contributed by atoms with E-state index in [9.17, 15) is 8.42 Å². The molecule has 1 N–H and O–H groups in total. The molecule has 17 heavy (non-hydrogen) atoms. The summed E-state index contributed by atoms with van der Waals surface area (Å²) in [7, 11) is -3.06. The molecule has 102 valence electrons. The first-order valence-electron chi connectivity index (χ1n) is 6.67. The summed E-state index contributed by atoms with van der Waals surface area (Å²) >= 11 is 0. The van der Waals surface area contributed by atoms with Gasteiger partial charge in [-0.2, -0.15) is 0 Å². The third-order valence-electron chi connectivity index (χ3n) is 2.94. The fourth-order valence-electron chi connectivity index (χ4n) is 1.79. The predicted octanol–water partition coefficient (Wildman–Crippen LogP) is 1.44. The first kappa shape index (κ1) is 14.9. The molecule has 1 saturated carbocycles. The van der Waals surface area contributed by atoms with Gasteiger partial charge >= 0.3 is 0 Å². The van der Waals surface area contributed by atoms with Gasteiger partial charge in [-0.25, -0.2) is 12.7 Å². The highest BCUT2D eigenvalue weighted by atomic mass is 32.2. The summed E-state index contributed by atoms with van der Waals surface area (Å²) in [6.45, 7) is 8.03. The summed E-state index contributed by atoms with van der Waals surface area (Å²) in [5, 5.41) is 3.16. The molecule has 1 aliphatic carbocycles. The van der Waals surface area contributed by atoms with Gasteiger partial charge in [0, 0.05) is 25.7 Å². The maximum atomic E-state index is 12.2. The Hall–Kier alpha value is -0.130. The Morgan fingerprint density at radius 2 is 2.00 bits per heavy atom. The molecule has 4 nitrogen and oxygen atoms in total. The van der Waals surface area contributed by atoms with E-state index in [2.05, 4.69) is 5.32 Å². The fourth-order valence-corrected chi connectivity index (χ4v) is 3.32. The van der Waals surface area contributed by atoms with Crippen molar-refractivity contribution in [2.45, 2.75) is 46.1 Å². The van der Waals surface area contributed by atoms with Crippen LogP contribution in [0.1, 0.15) is 40.0 Å². The van der Waals surface area contributed by atoms with Crippen molar-refractivity contribution in [2.24, 2.45) is 5.92 Å². The van der Waals surface area contributed by atoms with Crippen molar-refractivity contribution < 1.29 is 8.42 Å². The van der Waals surface area contributed by atoms with Gasteiger partial charge in [0.2, 0.25) is 10.0 Å². The Labute approximate surface area is 106 Å². The van der Waals surface area contributed by atoms with Gasteiger partial charge < -0.3 is 5.32 Å². The molecule has 0 aromatic heterocycles. The lowest BCUT2D eigenvalue weighted by Gasteiger charge is -2.21. The molecule has 0 radical (unpaired) electrons. The van der Waals surface area contributed by atoms with Crippen LogP contribution in [0.25, 0.3) is 0 Å². The molecule has 1 rings (SSSR count). The van der Waals surface area contributed by atoms with Crippen molar-refractivity contribution in [3.63, 3.8) is 0 Å². The Balaban J connectivity index is 2.44. The molecule has 0 unspecified atom stereocenters. The van der Waals surface area contributed by atoms with Crippen molar-refractivity contribution in [1.82, 2.24) is 9.62 Å². The quantitative estimate of drug-likeness (QED) is 0.684. The molecule has 0 bridgehead atoms. The molecule has 0 amide bonds. The van der Waals surface area contributed by atoms with Crippen LogP contribution in [0.5, 0.6) is 0 Å². The van der Waals surface area contributed by atoms with Crippen LogP contribution in [-0.2, 0) is 10.0 Å². The van der Waals surface area contributed by atoms with Gasteiger partial charge in [-0.05, 0) is 25.2 Å². The van der Waals surface area contributed by atoms with Crippen LogP contribution >= 0.6 is 0 Å². The summed E-state index contributed by atoms with van der Waals surface area (Å²) in [5.41, 5.74) is 0. The Morgan fingerprint density at radius 1 is 1.35 bits per heavy atom. The van der Waals surface area contributed by atoms with Crippen LogP contribution in [0.2, 0.25) is 0 Å². The number of nitrogens with zero attached hydrogens (tertiary/aromatic N) is 1.